The van der Waals surface area contributed by atoms with Crippen molar-refractivity contribution >= 4 is 0 Å². The van der Waals surface area contributed by atoms with E-state index in [1.165, 1.54) is 11.1 Å². The quantitative estimate of drug-likeness (QED) is 0.841. The van der Waals surface area contributed by atoms with Crippen LogP contribution in [-0.2, 0) is 0 Å². The lowest BCUT2D eigenvalue weighted by Gasteiger charge is -2.18. The molecule has 0 bridgehead atoms. The van der Waals surface area contributed by atoms with E-state index in [1.54, 1.807) is 0 Å². The number of hydrogen-bond acceptors (Lipinski definition) is 1. The Morgan fingerprint density at radius 3 is 1.78 bits per heavy atom. The second-order valence-corrected chi connectivity index (χ2v) is 5.13. The van der Waals surface area contributed by atoms with Crippen LogP contribution in [0.15, 0.2) is 36.4 Å². The minimum atomic E-state index is -0.536. The van der Waals surface area contributed by atoms with Crippen LogP contribution in [-0.4, -0.2) is 5.11 Å². The van der Waals surface area contributed by atoms with E-state index in [4.69, 9.17) is 0 Å². The van der Waals surface area contributed by atoms with E-state index in [0.29, 0.717) is 0 Å². The number of benzene rings is 2. The fourth-order valence-electron chi connectivity index (χ4n) is 2.54. The Hall–Kier alpha value is -1.60. The van der Waals surface area contributed by atoms with E-state index in [0.717, 1.165) is 22.3 Å². The maximum absolute atomic E-state index is 10.5. The zero-order chi connectivity index (χ0) is 13.3. The summed E-state index contributed by atoms with van der Waals surface area (Å²) in [6, 6.07) is 12.3. The van der Waals surface area contributed by atoms with E-state index in [9.17, 15) is 5.11 Å². The van der Waals surface area contributed by atoms with Crippen molar-refractivity contribution in [3.05, 3.63) is 69.8 Å². The molecule has 18 heavy (non-hydrogen) atoms. The molecule has 0 spiro atoms. The summed E-state index contributed by atoms with van der Waals surface area (Å²) in [5.74, 6) is 0. The summed E-state index contributed by atoms with van der Waals surface area (Å²) in [6.07, 6.45) is -0.536. The normalized spacial score (nSPS) is 12.5. The fourth-order valence-corrected chi connectivity index (χ4v) is 2.54. The molecule has 0 radical (unpaired) electrons. The molecular weight excluding hydrogens is 220 g/mol. The van der Waals surface area contributed by atoms with Crippen molar-refractivity contribution in [1.82, 2.24) is 0 Å². The van der Waals surface area contributed by atoms with Crippen LogP contribution in [0, 0.1) is 27.7 Å². The zero-order valence-electron chi connectivity index (χ0n) is 11.5. The lowest BCUT2D eigenvalue weighted by molar-refractivity contribution is 0.219. The standard InChI is InChI=1S/C17H20O/c1-11-5-7-15(8-6-11)17(18)16-13(3)9-12(2)10-14(16)4/h5-10,17-18H,1-4H3/t17-/m0/s1. The second kappa shape index (κ2) is 4.95. The van der Waals surface area contributed by atoms with Crippen LogP contribution in [0.4, 0.5) is 0 Å². The summed E-state index contributed by atoms with van der Waals surface area (Å²) < 4.78 is 0. The maximum Gasteiger partial charge on any atom is 0.105 e. The van der Waals surface area contributed by atoms with E-state index in [2.05, 4.69) is 39.8 Å². The predicted molar refractivity (Wildman–Crippen MR) is 75.9 cm³/mol. The second-order valence-electron chi connectivity index (χ2n) is 5.13. The molecule has 2 aromatic rings. The summed E-state index contributed by atoms with van der Waals surface area (Å²) in [4.78, 5) is 0. The monoisotopic (exact) mass is 240 g/mol. The molecule has 0 amide bonds. The number of hydrogen-bond donors (Lipinski definition) is 1. The van der Waals surface area contributed by atoms with Gasteiger partial charge in [-0.2, -0.15) is 0 Å². The third kappa shape index (κ3) is 2.46. The molecule has 0 aliphatic carbocycles. The predicted octanol–water partition coefficient (Wildman–Crippen LogP) is 4.00. The largest absolute Gasteiger partial charge is 0.384 e. The molecule has 0 aromatic heterocycles. The van der Waals surface area contributed by atoms with Crippen molar-refractivity contribution < 1.29 is 5.11 Å². The first kappa shape index (κ1) is 12.8. The van der Waals surface area contributed by atoms with Crippen molar-refractivity contribution in [2.24, 2.45) is 0 Å². The lowest BCUT2D eigenvalue weighted by Crippen LogP contribution is -2.05. The van der Waals surface area contributed by atoms with Crippen LogP contribution in [0.5, 0.6) is 0 Å². The Labute approximate surface area is 109 Å². The molecule has 0 saturated carbocycles. The Balaban J connectivity index is 2.46. The first-order valence-electron chi connectivity index (χ1n) is 6.31. The number of rotatable bonds is 2. The molecule has 0 saturated heterocycles. The molecule has 0 unspecified atom stereocenters. The number of aryl methyl sites for hydroxylation is 4. The van der Waals surface area contributed by atoms with Gasteiger partial charge < -0.3 is 5.11 Å². The Bertz CT molecular complexity index is 529. The van der Waals surface area contributed by atoms with Crippen molar-refractivity contribution in [1.29, 1.82) is 0 Å². The Kier molecular flexibility index (Phi) is 3.53. The average molecular weight is 240 g/mol. The van der Waals surface area contributed by atoms with Gasteiger partial charge in [0.25, 0.3) is 0 Å². The molecule has 94 valence electrons. The van der Waals surface area contributed by atoms with Gasteiger partial charge in [0.15, 0.2) is 0 Å². The van der Waals surface area contributed by atoms with Gasteiger partial charge >= 0.3 is 0 Å². The highest BCUT2D eigenvalue weighted by atomic mass is 16.3. The van der Waals surface area contributed by atoms with E-state index in [1.807, 2.05) is 24.3 Å². The van der Waals surface area contributed by atoms with Crippen molar-refractivity contribution in [3.63, 3.8) is 0 Å². The Morgan fingerprint density at radius 1 is 0.778 bits per heavy atom. The molecule has 0 fully saturated rings. The minimum Gasteiger partial charge on any atom is -0.384 e. The highest BCUT2D eigenvalue weighted by molar-refractivity contribution is 5.43. The molecular formula is C17H20O. The smallest absolute Gasteiger partial charge is 0.105 e. The lowest BCUT2D eigenvalue weighted by atomic mass is 9.92. The molecule has 2 aromatic carbocycles. The maximum atomic E-state index is 10.5. The summed E-state index contributed by atoms with van der Waals surface area (Å²) in [6.45, 7) is 8.26. The van der Waals surface area contributed by atoms with Crippen molar-refractivity contribution in [3.8, 4) is 0 Å². The number of aliphatic hydroxyl groups excluding tert-OH is 1. The van der Waals surface area contributed by atoms with Crippen LogP contribution in [0.25, 0.3) is 0 Å². The summed E-state index contributed by atoms with van der Waals surface area (Å²) in [7, 11) is 0. The molecule has 0 heterocycles. The Morgan fingerprint density at radius 2 is 1.28 bits per heavy atom. The van der Waals surface area contributed by atoms with E-state index < -0.39 is 6.10 Å². The van der Waals surface area contributed by atoms with Gasteiger partial charge in [0.1, 0.15) is 6.10 Å². The van der Waals surface area contributed by atoms with Crippen LogP contribution >= 0.6 is 0 Å². The molecule has 0 aliphatic rings. The number of aliphatic hydroxyl groups is 1. The zero-order valence-corrected chi connectivity index (χ0v) is 11.5. The minimum absolute atomic E-state index is 0.536. The van der Waals surface area contributed by atoms with Crippen molar-refractivity contribution in [2.75, 3.05) is 0 Å². The summed E-state index contributed by atoms with van der Waals surface area (Å²) in [5.41, 5.74) is 6.74. The molecule has 2 rings (SSSR count). The average Bonchev–Trinajstić information content (AvgIpc) is 2.28. The topological polar surface area (TPSA) is 20.2 Å². The van der Waals surface area contributed by atoms with Gasteiger partial charge in [0.05, 0.1) is 0 Å². The van der Waals surface area contributed by atoms with Crippen LogP contribution in [0.2, 0.25) is 0 Å². The van der Waals surface area contributed by atoms with Crippen LogP contribution in [0.1, 0.15) is 39.5 Å². The van der Waals surface area contributed by atoms with Crippen LogP contribution < -0.4 is 0 Å². The van der Waals surface area contributed by atoms with Crippen molar-refractivity contribution in [2.45, 2.75) is 33.8 Å². The SMILES string of the molecule is Cc1ccc([C@H](O)c2c(C)cc(C)cc2C)cc1. The molecule has 1 nitrogen and oxygen atoms in total. The molecule has 1 heteroatoms. The van der Waals surface area contributed by atoms with E-state index >= 15 is 0 Å². The van der Waals surface area contributed by atoms with Gasteiger partial charge in [-0.15, -0.1) is 0 Å². The van der Waals surface area contributed by atoms with Gasteiger partial charge in [-0.05, 0) is 49.9 Å². The van der Waals surface area contributed by atoms with Gasteiger partial charge in [-0.3, -0.25) is 0 Å². The first-order chi connectivity index (χ1) is 8.49. The molecule has 0 aliphatic heterocycles. The highest BCUT2D eigenvalue weighted by Crippen LogP contribution is 2.28. The first-order valence-corrected chi connectivity index (χ1v) is 6.31. The van der Waals surface area contributed by atoms with Gasteiger partial charge in [-0.25, -0.2) is 0 Å². The highest BCUT2D eigenvalue weighted by Gasteiger charge is 2.15. The van der Waals surface area contributed by atoms with Gasteiger partial charge in [0.2, 0.25) is 0 Å². The summed E-state index contributed by atoms with van der Waals surface area (Å²) in [5, 5.41) is 10.5. The summed E-state index contributed by atoms with van der Waals surface area (Å²) >= 11 is 0. The fraction of sp³-hybridized carbons (Fsp3) is 0.294. The third-order valence-electron chi connectivity index (χ3n) is 3.40. The molecule has 1 atom stereocenters. The van der Waals surface area contributed by atoms with Crippen LogP contribution in [0.3, 0.4) is 0 Å². The molecule has 1 N–H and O–H groups in total. The van der Waals surface area contributed by atoms with Gasteiger partial charge in [0, 0.05) is 0 Å². The third-order valence-corrected chi connectivity index (χ3v) is 3.40. The van der Waals surface area contributed by atoms with Gasteiger partial charge in [-0.1, -0.05) is 47.5 Å². The van der Waals surface area contributed by atoms with E-state index in [-0.39, 0.29) is 0 Å².